The second kappa shape index (κ2) is 17.1. The third kappa shape index (κ3) is 10.8. The number of ether oxygens (including phenoxy) is 4. The van der Waals surface area contributed by atoms with Gasteiger partial charge in [0.05, 0.1) is 6.61 Å². The smallest absolute Gasteiger partial charge is 0.361 e. The summed E-state index contributed by atoms with van der Waals surface area (Å²) < 4.78 is 22.6. The first-order chi connectivity index (χ1) is 23.2. The van der Waals surface area contributed by atoms with E-state index in [1.807, 2.05) is 0 Å². The molecular weight excluding hydrogens is 638 g/mol. The second-order valence-corrected chi connectivity index (χ2v) is 11.6. The van der Waals surface area contributed by atoms with Crippen molar-refractivity contribution < 1.29 is 43.2 Å². The Morgan fingerprint density at radius 2 is 1.71 bits per heavy atom. The number of nitrogens with zero attached hydrogens (tertiary/aromatic N) is 3. The molecule has 0 bridgehead atoms. The van der Waals surface area contributed by atoms with Gasteiger partial charge in [0, 0.05) is 38.0 Å². The summed E-state index contributed by atoms with van der Waals surface area (Å²) in [4.78, 5) is 59.8. The van der Waals surface area contributed by atoms with Crippen molar-refractivity contribution in [1.29, 1.82) is 5.41 Å². The zero-order valence-corrected chi connectivity index (χ0v) is 27.8. The largest absolute Gasteiger partial charge is 0.422 e. The molecule has 1 aliphatic heterocycles. The lowest BCUT2D eigenvalue weighted by Crippen LogP contribution is -2.48. The van der Waals surface area contributed by atoms with Crippen molar-refractivity contribution in [3.8, 4) is 11.5 Å². The average molecular weight is 680 g/mol. The lowest BCUT2D eigenvalue weighted by Gasteiger charge is -2.30. The standard InChI is InChI=1S/C33H41N7O9/c1-6-11-21(34)29(45)47-23-15-10-8-13-20(23)28(44)46-22-14-9-7-12-19(22)25-30(48-25)49-26(33(2,3)18-41)27(43)37-17-16-24(42)38-31(35)39-32(36)40(4)5/h6-15,25-26,30,34,41H,16-18H2,1-5H3,(H,37,43)(H4,35,36,38,39,42). The van der Waals surface area contributed by atoms with Gasteiger partial charge in [-0.15, -0.1) is 0 Å². The molecule has 2 aromatic carbocycles. The van der Waals surface area contributed by atoms with Crippen LogP contribution in [0.2, 0.25) is 0 Å². The van der Waals surface area contributed by atoms with Crippen LogP contribution in [-0.4, -0.2) is 91.0 Å². The molecule has 16 nitrogen and oxygen atoms in total. The number of aliphatic hydroxyl groups excluding tert-OH is 1. The van der Waals surface area contributed by atoms with Crippen LogP contribution in [0.4, 0.5) is 0 Å². The first kappa shape index (κ1) is 38.0. The summed E-state index contributed by atoms with van der Waals surface area (Å²) >= 11 is 0. The van der Waals surface area contributed by atoms with Crippen LogP contribution in [0.25, 0.3) is 0 Å². The zero-order valence-electron chi connectivity index (χ0n) is 27.8. The Morgan fingerprint density at radius 3 is 2.37 bits per heavy atom. The Bertz CT molecular complexity index is 1650. The minimum absolute atomic E-state index is 0.0536. The number of rotatable bonds is 14. The summed E-state index contributed by atoms with van der Waals surface area (Å²) in [6, 6.07) is 12.5. The summed E-state index contributed by atoms with van der Waals surface area (Å²) in [5.41, 5.74) is 10.2. The highest BCUT2D eigenvalue weighted by atomic mass is 16.8. The number of nitrogens with one attached hydrogen (secondary N) is 2. The maximum atomic E-state index is 13.2. The molecule has 1 fully saturated rings. The van der Waals surface area contributed by atoms with E-state index < -0.39 is 60.0 Å². The van der Waals surface area contributed by atoms with Gasteiger partial charge in [-0.2, -0.15) is 9.98 Å². The van der Waals surface area contributed by atoms with Crippen molar-refractivity contribution in [2.45, 2.75) is 45.7 Å². The molecule has 2 aromatic rings. The molecule has 0 radical (unpaired) electrons. The number of para-hydroxylation sites is 2. The topological polar surface area (TPSA) is 245 Å². The van der Waals surface area contributed by atoms with Gasteiger partial charge in [0.25, 0.3) is 5.91 Å². The fraction of sp³-hybridized carbons (Fsp3) is 0.364. The number of guanidine groups is 2. The minimum Gasteiger partial charge on any atom is -0.422 e. The van der Waals surface area contributed by atoms with Crippen LogP contribution in [0.5, 0.6) is 11.5 Å². The number of carbonyl (C=O) groups excluding carboxylic acids is 4. The molecule has 0 saturated carbocycles. The molecule has 3 unspecified atom stereocenters. The highest BCUT2D eigenvalue weighted by molar-refractivity contribution is 6.40. The highest BCUT2D eigenvalue weighted by Crippen LogP contribution is 2.45. The Morgan fingerprint density at radius 1 is 1.06 bits per heavy atom. The molecular formula is C33H41N7O9. The number of nitrogens with two attached hydrogens (primary N) is 2. The van der Waals surface area contributed by atoms with Crippen LogP contribution in [0.15, 0.2) is 70.7 Å². The van der Waals surface area contributed by atoms with Gasteiger partial charge in [-0.25, -0.2) is 9.59 Å². The van der Waals surface area contributed by atoms with Crippen LogP contribution < -0.4 is 26.3 Å². The van der Waals surface area contributed by atoms with E-state index in [1.54, 1.807) is 65.2 Å². The summed E-state index contributed by atoms with van der Waals surface area (Å²) in [6.07, 6.45) is -0.319. The Balaban J connectivity index is 1.68. The van der Waals surface area contributed by atoms with E-state index in [-0.39, 0.29) is 41.9 Å². The zero-order chi connectivity index (χ0) is 36.3. The maximum Gasteiger partial charge on any atom is 0.361 e. The number of epoxide rings is 1. The number of allylic oxidation sites excluding steroid dienone is 1. The van der Waals surface area contributed by atoms with Gasteiger partial charge >= 0.3 is 11.9 Å². The van der Waals surface area contributed by atoms with Crippen molar-refractivity contribution in [3.63, 3.8) is 0 Å². The number of aliphatic imine (C=N–C) groups is 2. The first-order valence-electron chi connectivity index (χ1n) is 15.1. The summed E-state index contributed by atoms with van der Waals surface area (Å²) in [6.45, 7) is 4.37. The van der Waals surface area contributed by atoms with Crippen LogP contribution in [-0.2, 0) is 23.9 Å². The summed E-state index contributed by atoms with van der Waals surface area (Å²) in [7, 11) is 3.28. The molecule has 1 aliphatic rings. The number of benzene rings is 2. The van der Waals surface area contributed by atoms with Crippen molar-refractivity contribution in [2.24, 2.45) is 26.9 Å². The highest BCUT2D eigenvalue weighted by Gasteiger charge is 2.49. The van der Waals surface area contributed by atoms with E-state index in [0.29, 0.717) is 5.56 Å². The van der Waals surface area contributed by atoms with Crippen molar-refractivity contribution in [3.05, 3.63) is 71.8 Å². The average Bonchev–Trinajstić information content (AvgIpc) is 3.83. The predicted molar refractivity (Wildman–Crippen MR) is 179 cm³/mol. The molecule has 1 saturated heterocycles. The lowest BCUT2D eigenvalue weighted by atomic mass is 9.86. The van der Waals surface area contributed by atoms with Gasteiger partial charge in [0.2, 0.25) is 11.9 Å². The Labute approximate surface area is 283 Å². The molecule has 16 heteroatoms. The van der Waals surface area contributed by atoms with E-state index in [1.165, 1.54) is 35.3 Å². The second-order valence-electron chi connectivity index (χ2n) is 11.6. The van der Waals surface area contributed by atoms with Gasteiger partial charge in [-0.3, -0.25) is 15.0 Å². The molecule has 0 aliphatic carbocycles. The van der Waals surface area contributed by atoms with Crippen LogP contribution in [0.1, 0.15) is 49.2 Å². The Hall–Kier alpha value is -5.45. The molecule has 49 heavy (non-hydrogen) atoms. The fourth-order valence-electron chi connectivity index (χ4n) is 4.13. The first-order valence-corrected chi connectivity index (χ1v) is 15.1. The number of carbonyl (C=O) groups is 4. The molecule has 0 aromatic heterocycles. The molecule has 3 atom stereocenters. The quantitative estimate of drug-likeness (QED) is 0.0626. The number of esters is 2. The van der Waals surface area contributed by atoms with Gasteiger partial charge < -0.3 is 45.7 Å². The lowest BCUT2D eigenvalue weighted by molar-refractivity contribution is -0.150. The fourth-order valence-corrected chi connectivity index (χ4v) is 4.13. The van der Waals surface area contributed by atoms with E-state index in [0.717, 1.165) is 0 Å². The monoisotopic (exact) mass is 679 g/mol. The molecule has 2 amide bonds. The van der Waals surface area contributed by atoms with Crippen LogP contribution in [0.3, 0.4) is 0 Å². The van der Waals surface area contributed by atoms with Gasteiger partial charge in [0.1, 0.15) is 35.0 Å². The summed E-state index contributed by atoms with van der Waals surface area (Å²) in [5.74, 6) is -3.27. The van der Waals surface area contributed by atoms with Gasteiger partial charge in [-0.05, 0) is 31.2 Å². The van der Waals surface area contributed by atoms with Crippen molar-refractivity contribution in [1.82, 2.24) is 10.2 Å². The van der Waals surface area contributed by atoms with E-state index in [4.69, 9.17) is 35.8 Å². The summed E-state index contributed by atoms with van der Waals surface area (Å²) in [5, 5.41) is 20.4. The van der Waals surface area contributed by atoms with Crippen molar-refractivity contribution >= 4 is 41.4 Å². The SMILES string of the molecule is CC=CC(=N)C(=O)Oc1ccccc1C(=O)Oc1ccccc1C1OC1OC(C(=O)NCCC(=O)N=C(N)N=C(N)N(C)C)C(C)(C)CO. The Kier molecular flexibility index (Phi) is 13.3. The minimum atomic E-state index is -1.21. The predicted octanol–water partition coefficient (Wildman–Crippen LogP) is 1.43. The third-order valence-electron chi connectivity index (χ3n) is 6.93. The number of hydrogen-bond acceptors (Lipinski definition) is 10. The maximum absolute atomic E-state index is 13.2. The third-order valence-corrected chi connectivity index (χ3v) is 6.93. The van der Waals surface area contributed by atoms with Gasteiger partial charge in [-0.1, -0.05) is 50.3 Å². The van der Waals surface area contributed by atoms with E-state index >= 15 is 0 Å². The van der Waals surface area contributed by atoms with Crippen molar-refractivity contribution in [2.75, 3.05) is 27.2 Å². The van der Waals surface area contributed by atoms with Crippen LogP contribution >= 0.6 is 0 Å². The molecule has 3 rings (SSSR count). The molecule has 262 valence electrons. The number of amides is 2. The normalized spacial score (nSPS) is 16.9. The van der Waals surface area contributed by atoms with Crippen LogP contribution in [0, 0.1) is 10.8 Å². The van der Waals surface area contributed by atoms with E-state index in [9.17, 15) is 24.3 Å². The number of hydrogen-bond donors (Lipinski definition) is 5. The molecule has 1 heterocycles. The molecule has 0 spiro atoms. The van der Waals surface area contributed by atoms with Gasteiger partial charge in [0.15, 0.2) is 12.2 Å². The molecule has 7 N–H and O–H groups in total. The number of aliphatic hydroxyl groups is 1. The van der Waals surface area contributed by atoms with E-state index in [2.05, 4.69) is 15.3 Å².